The second kappa shape index (κ2) is 7.05. The molecule has 5 nitrogen and oxygen atoms in total. The highest BCUT2D eigenvalue weighted by atomic mass is 32.2. The summed E-state index contributed by atoms with van der Waals surface area (Å²) >= 11 is 1.67. The van der Waals surface area contributed by atoms with Gasteiger partial charge in [0.2, 0.25) is 0 Å². The van der Waals surface area contributed by atoms with E-state index in [-0.39, 0.29) is 5.84 Å². The van der Waals surface area contributed by atoms with Crippen molar-refractivity contribution in [1.82, 2.24) is 9.97 Å². The first-order valence-corrected chi connectivity index (χ1v) is 6.19. The average molecular weight is 240 g/mol. The van der Waals surface area contributed by atoms with Gasteiger partial charge in [-0.25, -0.2) is 9.97 Å². The van der Waals surface area contributed by atoms with Gasteiger partial charge < -0.3 is 10.9 Å². The van der Waals surface area contributed by atoms with E-state index in [1.165, 1.54) is 25.5 Å². The van der Waals surface area contributed by atoms with E-state index in [9.17, 15) is 0 Å². The number of unbranched alkanes of at least 4 members (excludes halogenated alkanes) is 2. The minimum absolute atomic E-state index is 0.0185. The van der Waals surface area contributed by atoms with Gasteiger partial charge in [-0.2, -0.15) is 0 Å². The molecule has 0 aliphatic heterocycles. The van der Waals surface area contributed by atoms with Crippen molar-refractivity contribution in [1.29, 1.82) is 0 Å². The molecule has 1 aromatic heterocycles. The van der Waals surface area contributed by atoms with Crippen LogP contribution in [0.3, 0.4) is 0 Å². The number of rotatable bonds is 6. The van der Waals surface area contributed by atoms with Gasteiger partial charge in [-0.3, -0.25) is 0 Å². The van der Waals surface area contributed by atoms with Crippen LogP contribution < -0.4 is 5.73 Å². The van der Waals surface area contributed by atoms with Crippen molar-refractivity contribution >= 4 is 17.6 Å². The van der Waals surface area contributed by atoms with Crippen LogP contribution in [0.5, 0.6) is 0 Å². The second-order valence-corrected chi connectivity index (χ2v) is 4.40. The molecule has 16 heavy (non-hydrogen) atoms. The fourth-order valence-corrected chi connectivity index (χ4v) is 1.92. The Balaban J connectivity index is 2.45. The largest absolute Gasteiger partial charge is 0.409 e. The first-order chi connectivity index (χ1) is 7.77. The predicted molar refractivity (Wildman–Crippen MR) is 64.8 cm³/mol. The Morgan fingerprint density at radius 1 is 1.44 bits per heavy atom. The normalized spacial score (nSPS) is 11.7. The summed E-state index contributed by atoms with van der Waals surface area (Å²) in [6, 6.07) is 0. The van der Waals surface area contributed by atoms with E-state index in [1.807, 2.05) is 0 Å². The van der Waals surface area contributed by atoms with E-state index in [1.54, 1.807) is 18.0 Å². The molecule has 0 amide bonds. The molecule has 0 aliphatic rings. The van der Waals surface area contributed by atoms with E-state index in [0.717, 1.165) is 10.8 Å². The van der Waals surface area contributed by atoms with Crippen LogP contribution in [0.15, 0.2) is 22.6 Å². The topological polar surface area (TPSA) is 84.4 Å². The van der Waals surface area contributed by atoms with Crippen molar-refractivity contribution < 1.29 is 5.21 Å². The molecule has 1 aromatic rings. The predicted octanol–water partition coefficient (Wildman–Crippen LogP) is 1.85. The number of nitrogens with zero attached hydrogens (tertiary/aromatic N) is 3. The lowest BCUT2D eigenvalue weighted by atomic mass is 10.3. The summed E-state index contributed by atoms with van der Waals surface area (Å²) in [5.41, 5.74) is 5.76. The molecule has 0 radical (unpaired) electrons. The van der Waals surface area contributed by atoms with Gasteiger partial charge in [0.25, 0.3) is 0 Å². The Hall–Kier alpha value is -1.30. The van der Waals surface area contributed by atoms with E-state index >= 15 is 0 Å². The highest BCUT2D eigenvalue weighted by Crippen LogP contribution is 2.15. The van der Waals surface area contributed by atoms with Gasteiger partial charge >= 0.3 is 0 Å². The number of oxime groups is 1. The standard InChI is InChI=1S/C10H16N4OS/c1-2-3-4-5-16-9-7-12-8(6-13-9)10(11)14-15/h6-7,15H,2-5H2,1H3,(H2,11,14). The maximum atomic E-state index is 8.45. The first kappa shape index (κ1) is 12.8. The van der Waals surface area contributed by atoms with Gasteiger partial charge in [0.05, 0.1) is 12.4 Å². The van der Waals surface area contributed by atoms with Crippen LogP contribution in [0.1, 0.15) is 31.9 Å². The number of nitrogens with two attached hydrogens (primary N) is 1. The van der Waals surface area contributed by atoms with Crippen LogP contribution in [0.25, 0.3) is 0 Å². The molecule has 88 valence electrons. The van der Waals surface area contributed by atoms with Gasteiger partial charge in [0, 0.05) is 0 Å². The van der Waals surface area contributed by atoms with Crippen LogP contribution >= 0.6 is 11.8 Å². The zero-order valence-corrected chi connectivity index (χ0v) is 10.1. The molecular weight excluding hydrogens is 224 g/mol. The van der Waals surface area contributed by atoms with E-state index in [2.05, 4.69) is 22.0 Å². The molecule has 0 atom stereocenters. The molecule has 0 spiro atoms. The molecular formula is C10H16N4OS. The maximum Gasteiger partial charge on any atom is 0.190 e. The zero-order chi connectivity index (χ0) is 11.8. The second-order valence-electron chi connectivity index (χ2n) is 3.28. The smallest absolute Gasteiger partial charge is 0.190 e. The molecule has 0 unspecified atom stereocenters. The molecule has 0 bridgehead atoms. The highest BCUT2D eigenvalue weighted by molar-refractivity contribution is 7.99. The van der Waals surface area contributed by atoms with Crippen LogP contribution in [-0.2, 0) is 0 Å². The summed E-state index contributed by atoms with van der Waals surface area (Å²) in [5, 5.41) is 12.2. The SMILES string of the molecule is CCCCCSc1cnc(C(N)=NO)cn1. The number of amidine groups is 1. The molecule has 6 heteroatoms. The van der Waals surface area contributed by atoms with Gasteiger partial charge in [0.1, 0.15) is 10.7 Å². The minimum Gasteiger partial charge on any atom is -0.409 e. The van der Waals surface area contributed by atoms with Crippen molar-refractivity contribution in [2.24, 2.45) is 10.9 Å². The molecule has 0 aliphatic carbocycles. The average Bonchev–Trinajstić information content (AvgIpc) is 2.34. The third-order valence-corrected chi connectivity index (χ3v) is 3.00. The maximum absolute atomic E-state index is 8.45. The summed E-state index contributed by atoms with van der Waals surface area (Å²) in [5.74, 6) is 1.03. The quantitative estimate of drug-likeness (QED) is 0.198. The Morgan fingerprint density at radius 3 is 2.81 bits per heavy atom. The highest BCUT2D eigenvalue weighted by Gasteiger charge is 2.02. The van der Waals surface area contributed by atoms with Crippen LogP contribution in [-0.4, -0.2) is 26.8 Å². The zero-order valence-electron chi connectivity index (χ0n) is 9.26. The lowest BCUT2D eigenvalue weighted by molar-refractivity contribution is 0.318. The Kier molecular flexibility index (Phi) is 5.63. The molecule has 1 rings (SSSR count). The number of aromatic nitrogens is 2. The van der Waals surface area contributed by atoms with Crippen LogP contribution in [0, 0.1) is 0 Å². The van der Waals surface area contributed by atoms with Crippen molar-refractivity contribution in [2.45, 2.75) is 31.2 Å². The first-order valence-electron chi connectivity index (χ1n) is 5.20. The molecule has 3 N–H and O–H groups in total. The van der Waals surface area contributed by atoms with Crippen molar-refractivity contribution in [3.63, 3.8) is 0 Å². The van der Waals surface area contributed by atoms with Crippen molar-refractivity contribution in [3.8, 4) is 0 Å². The summed E-state index contributed by atoms with van der Waals surface area (Å²) in [6.07, 6.45) is 6.79. The molecule has 0 aromatic carbocycles. The van der Waals surface area contributed by atoms with Gasteiger partial charge in [-0.1, -0.05) is 24.9 Å². The Labute approximate surface area is 99.2 Å². The lowest BCUT2D eigenvalue weighted by Gasteiger charge is -2.01. The monoisotopic (exact) mass is 240 g/mol. The van der Waals surface area contributed by atoms with Gasteiger partial charge in [-0.15, -0.1) is 11.8 Å². The number of hydrogen-bond donors (Lipinski definition) is 2. The fraction of sp³-hybridized carbons (Fsp3) is 0.500. The van der Waals surface area contributed by atoms with Crippen molar-refractivity contribution in [2.75, 3.05) is 5.75 Å². The Morgan fingerprint density at radius 2 is 2.25 bits per heavy atom. The Bertz CT molecular complexity index is 339. The minimum atomic E-state index is -0.0185. The fourth-order valence-electron chi connectivity index (χ4n) is 1.10. The van der Waals surface area contributed by atoms with Gasteiger partial charge in [0.15, 0.2) is 5.84 Å². The summed E-state index contributed by atoms with van der Waals surface area (Å²) < 4.78 is 0. The van der Waals surface area contributed by atoms with E-state index < -0.39 is 0 Å². The van der Waals surface area contributed by atoms with Crippen LogP contribution in [0.2, 0.25) is 0 Å². The molecule has 0 saturated heterocycles. The summed E-state index contributed by atoms with van der Waals surface area (Å²) in [7, 11) is 0. The summed E-state index contributed by atoms with van der Waals surface area (Å²) in [4.78, 5) is 8.22. The van der Waals surface area contributed by atoms with E-state index in [0.29, 0.717) is 5.69 Å². The number of hydrogen-bond acceptors (Lipinski definition) is 5. The van der Waals surface area contributed by atoms with Crippen molar-refractivity contribution in [3.05, 3.63) is 18.1 Å². The molecule has 1 heterocycles. The molecule has 0 saturated carbocycles. The number of thioether (sulfide) groups is 1. The van der Waals surface area contributed by atoms with E-state index in [4.69, 9.17) is 10.9 Å². The molecule has 0 fully saturated rings. The third-order valence-electron chi connectivity index (χ3n) is 2.00. The van der Waals surface area contributed by atoms with Gasteiger partial charge in [-0.05, 0) is 12.2 Å². The summed E-state index contributed by atoms with van der Waals surface area (Å²) in [6.45, 7) is 2.18. The third kappa shape index (κ3) is 4.06. The van der Waals surface area contributed by atoms with Crippen LogP contribution in [0.4, 0.5) is 0 Å². The lowest BCUT2D eigenvalue weighted by Crippen LogP contribution is -2.15.